The van der Waals surface area contributed by atoms with E-state index in [1.165, 1.54) is 12.1 Å². The molecule has 3 nitrogen and oxygen atoms in total. The first-order chi connectivity index (χ1) is 9.69. The van der Waals surface area contributed by atoms with Gasteiger partial charge < -0.3 is 10.3 Å². The molecule has 20 heavy (non-hydrogen) atoms. The fraction of sp³-hybridized carbons (Fsp3) is 0.188. The van der Waals surface area contributed by atoms with Gasteiger partial charge in [-0.25, -0.2) is 9.37 Å². The molecule has 0 saturated heterocycles. The molecule has 0 fully saturated rings. The maximum Gasteiger partial charge on any atom is 0.125 e. The first-order valence-electron chi connectivity index (χ1n) is 6.56. The van der Waals surface area contributed by atoms with Crippen LogP contribution < -0.4 is 5.73 Å². The fourth-order valence-electron chi connectivity index (χ4n) is 2.47. The highest BCUT2D eigenvalue weighted by Crippen LogP contribution is 2.19. The van der Waals surface area contributed by atoms with Crippen molar-refractivity contribution >= 4 is 11.0 Å². The van der Waals surface area contributed by atoms with Crippen LogP contribution in [-0.4, -0.2) is 9.55 Å². The van der Waals surface area contributed by atoms with Crippen LogP contribution >= 0.6 is 0 Å². The van der Waals surface area contributed by atoms with E-state index in [0.717, 1.165) is 28.0 Å². The molecule has 0 radical (unpaired) electrons. The Balaban J connectivity index is 2.05. The molecule has 3 aromatic rings. The van der Waals surface area contributed by atoms with Gasteiger partial charge in [-0.05, 0) is 29.3 Å². The van der Waals surface area contributed by atoms with Gasteiger partial charge in [-0.2, -0.15) is 0 Å². The van der Waals surface area contributed by atoms with Crippen LogP contribution in [0.5, 0.6) is 0 Å². The number of hydrogen-bond donors (Lipinski definition) is 1. The first kappa shape index (κ1) is 12.8. The average Bonchev–Trinajstić information content (AvgIpc) is 2.76. The quantitative estimate of drug-likeness (QED) is 0.794. The standard InChI is InChI=1S/C16H16FN3/c1-20-15-9-13(17)6-7-14(15)19-16(20)8-11-4-2-3-5-12(11)10-18/h2-7,9H,8,10,18H2,1H3. The second-order valence-corrected chi connectivity index (χ2v) is 4.87. The molecule has 1 heterocycles. The average molecular weight is 269 g/mol. The summed E-state index contributed by atoms with van der Waals surface area (Å²) in [7, 11) is 1.91. The number of fused-ring (bicyclic) bond motifs is 1. The van der Waals surface area contributed by atoms with Gasteiger partial charge in [-0.1, -0.05) is 24.3 Å². The Labute approximate surface area is 116 Å². The molecule has 1 aromatic heterocycles. The van der Waals surface area contributed by atoms with Gasteiger partial charge >= 0.3 is 0 Å². The number of imidazole rings is 1. The molecule has 0 unspecified atom stereocenters. The van der Waals surface area contributed by atoms with Crippen LogP contribution in [0.4, 0.5) is 4.39 Å². The lowest BCUT2D eigenvalue weighted by Crippen LogP contribution is -2.05. The summed E-state index contributed by atoms with van der Waals surface area (Å²) in [6, 6.07) is 12.7. The van der Waals surface area contributed by atoms with Crippen LogP contribution in [0.3, 0.4) is 0 Å². The Morgan fingerprint density at radius 3 is 2.65 bits per heavy atom. The SMILES string of the molecule is Cn1c(Cc2ccccc2CN)nc2ccc(F)cc21. The summed E-state index contributed by atoms with van der Waals surface area (Å²) in [4.78, 5) is 4.58. The lowest BCUT2D eigenvalue weighted by Gasteiger charge is -2.07. The van der Waals surface area contributed by atoms with Gasteiger partial charge in [-0.3, -0.25) is 0 Å². The highest BCUT2D eigenvalue weighted by Gasteiger charge is 2.10. The molecule has 0 amide bonds. The molecular formula is C16H16FN3. The maximum atomic E-state index is 13.3. The monoisotopic (exact) mass is 269 g/mol. The predicted molar refractivity (Wildman–Crippen MR) is 77.8 cm³/mol. The minimum absolute atomic E-state index is 0.241. The maximum absolute atomic E-state index is 13.3. The molecule has 0 aliphatic rings. The molecule has 4 heteroatoms. The van der Waals surface area contributed by atoms with Gasteiger partial charge in [0.15, 0.2) is 0 Å². The van der Waals surface area contributed by atoms with E-state index in [4.69, 9.17) is 5.73 Å². The highest BCUT2D eigenvalue weighted by molar-refractivity contribution is 5.76. The van der Waals surface area contributed by atoms with Crippen LogP contribution in [0.2, 0.25) is 0 Å². The van der Waals surface area contributed by atoms with Crippen molar-refractivity contribution in [2.24, 2.45) is 12.8 Å². The highest BCUT2D eigenvalue weighted by atomic mass is 19.1. The van der Waals surface area contributed by atoms with Crippen LogP contribution in [-0.2, 0) is 20.0 Å². The zero-order chi connectivity index (χ0) is 14.1. The van der Waals surface area contributed by atoms with Gasteiger partial charge in [-0.15, -0.1) is 0 Å². The van der Waals surface area contributed by atoms with Crippen molar-refractivity contribution in [1.82, 2.24) is 9.55 Å². The van der Waals surface area contributed by atoms with E-state index in [0.29, 0.717) is 13.0 Å². The normalized spacial score (nSPS) is 11.2. The van der Waals surface area contributed by atoms with Crippen LogP contribution in [0.15, 0.2) is 42.5 Å². The van der Waals surface area contributed by atoms with E-state index in [1.54, 1.807) is 6.07 Å². The number of aryl methyl sites for hydroxylation is 1. The number of benzene rings is 2. The number of rotatable bonds is 3. The summed E-state index contributed by atoms with van der Waals surface area (Å²) in [6.07, 6.45) is 0.695. The lowest BCUT2D eigenvalue weighted by molar-refractivity contribution is 0.628. The third-order valence-electron chi connectivity index (χ3n) is 3.62. The number of aromatic nitrogens is 2. The van der Waals surface area contributed by atoms with Gasteiger partial charge in [0.1, 0.15) is 11.6 Å². The van der Waals surface area contributed by atoms with Gasteiger partial charge in [0, 0.05) is 20.0 Å². The Hall–Kier alpha value is -2.20. The molecule has 0 aliphatic heterocycles. The zero-order valence-electron chi connectivity index (χ0n) is 11.3. The predicted octanol–water partition coefficient (Wildman–Crippen LogP) is 2.76. The van der Waals surface area contributed by atoms with Gasteiger partial charge in [0.25, 0.3) is 0 Å². The summed E-state index contributed by atoms with van der Waals surface area (Å²) in [6.45, 7) is 0.509. The molecule has 2 aromatic carbocycles. The topological polar surface area (TPSA) is 43.8 Å². The Bertz CT molecular complexity index is 762. The molecule has 102 valence electrons. The minimum Gasteiger partial charge on any atom is -0.331 e. The number of nitrogens with zero attached hydrogens (tertiary/aromatic N) is 2. The molecule has 3 rings (SSSR count). The molecule has 2 N–H and O–H groups in total. The van der Waals surface area contributed by atoms with Crippen molar-refractivity contribution in [3.63, 3.8) is 0 Å². The third kappa shape index (κ3) is 2.18. The number of nitrogens with two attached hydrogens (primary N) is 1. The molecule has 0 spiro atoms. The Kier molecular flexibility index (Phi) is 3.24. The van der Waals surface area contributed by atoms with Crippen LogP contribution in [0.1, 0.15) is 17.0 Å². The molecule has 0 atom stereocenters. The van der Waals surface area contributed by atoms with Crippen LogP contribution in [0, 0.1) is 5.82 Å². The van der Waals surface area contributed by atoms with Crippen LogP contribution in [0.25, 0.3) is 11.0 Å². The fourth-order valence-corrected chi connectivity index (χ4v) is 2.47. The van der Waals surface area contributed by atoms with Gasteiger partial charge in [0.2, 0.25) is 0 Å². The Morgan fingerprint density at radius 1 is 1.15 bits per heavy atom. The van der Waals surface area contributed by atoms with Crippen molar-refractivity contribution < 1.29 is 4.39 Å². The Morgan fingerprint density at radius 2 is 1.90 bits per heavy atom. The minimum atomic E-state index is -0.241. The summed E-state index contributed by atoms with van der Waals surface area (Å²) in [5.74, 6) is 0.668. The van der Waals surface area contributed by atoms with E-state index < -0.39 is 0 Å². The van der Waals surface area contributed by atoms with Crippen molar-refractivity contribution in [2.45, 2.75) is 13.0 Å². The summed E-state index contributed by atoms with van der Waals surface area (Å²) in [5, 5.41) is 0. The summed E-state index contributed by atoms with van der Waals surface area (Å²) in [5.41, 5.74) is 9.66. The van der Waals surface area contributed by atoms with Crippen molar-refractivity contribution in [3.8, 4) is 0 Å². The van der Waals surface area contributed by atoms with Crippen molar-refractivity contribution in [1.29, 1.82) is 0 Å². The molecule has 0 saturated carbocycles. The van der Waals surface area contributed by atoms with E-state index in [1.807, 2.05) is 29.8 Å². The second-order valence-electron chi connectivity index (χ2n) is 4.87. The van der Waals surface area contributed by atoms with E-state index in [2.05, 4.69) is 11.1 Å². The molecular weight excluding hydrogens is 253 g/mol. The number of hydrogen-bond acceptors (Lipinski definition) is 2. The lowest BCUT2D eigenvalue weighted by atomic mass is 10.0. The van der Waals surface area contributed by atoms with Gasteiger partial charge in [0.05, 0.1) is 11.0 Å². The second kappa shape index (κ2) is 5.06. The van der Waals surface area contributed by atoms with Crippen molar-refractivity contribution in [2.75, 3.05) is 0 Å². The van der Waals surface area contributed by atoms with Crippen molar-refractivity contribution in [3.05, 3.63) is 65.2 Å². The summed E-state index contributed by atoms with van der Waals surface area (Å²) < 4.78 is 15.3. The molecule has 0 bridgehead atoms. The largest absolute Gasteiger partial charge is 0.331 e. The zero-order valence-corrected chi connectivity index (χ0v) is 11.3. The smallest absolute Gasteiger partial charge is 0.125 e. The molecule has 0 aliphatic carbocycles. The van der Waals surface area contributed by atoms with E-state index in [-0.39, 0.29) is 5.82 Å². The number of halogens is 1. The van der Waals surface area contributed by atoms with E-state index in [9.17, 15) is 4.39 Å². The van der Waals surface area contributed by atoms with E-state index >= 15 is 0 Å². The summed E-state index contributed by atoms with van der Waals surface area (Å²) >= 11 is 0. The third-order valence-corrected chi connectivity index (χ3v) is 3.62. The first-order valence-corrected chi connectivity index (χ1v) is 6.56.